The fraction of sp³-hybridized carbons (Fsp3) is 0.500. The zero-order valence-corrected chi connectivity index (χ0v) is 14.5. The molecule has 2 atom stereocenters. The van der Waals surface area contributed by atoms with Crippen LogP contribution in [0.3, 0.4) is 0 Å². The molecular weight excluding hydrogens is 373 g/mol. The Morgan fingerprint density at radius 2 is 1.76 bits per heavy atom. The summed E-state index contributed by atoms with van der Waals surface area (Å²) in [6, 6.07) is 1.90. The minimum Gasteiger partial charge on any atom is -0.444 e. The molecule has 0 saturated carbocycles. The summed E-state index contributed by atoms with van der Waals surface area (Å²) < 4.78 is 68.8. The first-order valence-electron chi connectivity index (χ1n) is 7.06. The average Bonchev–Trinajstić information content (AvgIpc) is 2.40. The molecule has 1 aromatic carbocycles. The van der Waals surface area contributed by atoms with Crippen LogP contribution in [0.5, 0.6) is 0 Å². The number of halogens is 5. The second kappa shape index (κ2) is 5.99. The van der Waals surface area contributed by atoms with Crippen molar-refractivity contribution in [3.63, 3.8) is 0 Å². The van der Waals surface area contributed by atoms with Gasteiger partial charge in [0.1, 0.15) is 22.7 Å². The van der Waals surface area contributed by atoms with Crippen LogP contribution in [0.15, 0.2) is 29.2 Å². The molecule has 1 aromatic rings. The third kappa shape index (κ3) is 7.04. The molecule has 0 spiro atoms. The Labute approximate surface area is 141 Å². The smallest absolute Gasteiger partial charge is 0.407 e. The van der Waals surface area contributed by atoms with Crippen molar-refractivity contribution < 1.29 is 39.2 Å². The summed E-state index contributed by atoms with van der Waals surface area (Å²) in [6.45, 7) is 4.20. The zero-order valence-electron chi connectivity index (χ0n) is 13.7. The Morgan fingerprint density at radius 3 is 2.24 bits per heavy atom. The van der Waals surface area contributed by atoms with Crippen molar-refractivity contribution >= 4 is 16.3 Å². The maximum Gasteiger partial charge on any atom is 0.407 e. The predicted molar refractivity (Wildman–Crippen MR) is 83.0 cm³/mol. The Hall–Kier alpha value is -1.59. The van der Waals surface area contributed by atoms with E-state index in [1.54, 1.807) is 20.8 Å². The Bertz CT molecular complexity index is 645. The third-order valence-electron chi connectivity index (χ3n) is 2.86. The van der Waals surface area contributed by atoms with Gasteiger partial charge in [-0.05, 0) is 38.5 Å². The molecule has 1 amide bonds. The zero-order chi connectivity index (χ0) is 19.7. The highest BCUT2D eigenvalue weighted by molar-refractivity contribution is 8.45. The maximum absolute atomic E-state index is 12.8. The van der Waals surface area contributed by atoms with Gasteiger partial charge in [0.05, 0.1) is 0 Å². The molecule has 0 bridgehead atoms. The SMILES string of the molecule is CC(C)(C)OC(=O)NCC(O)C(O)c1cccc(S(F)(F)(F)(F)F)c1. The van der Waals surface area contributed by atoms with Crippen LogP contribution in [0.1, 0.15) is 32.4 Å². The van der Waals surface area contributed by atoms with Gasteiger partial charge in [0.2, 0.25) is 0 Å². The van der Waals surface area contributed by atoms with Crippen molar-refractivity contribution in [2.45, 2.75) is 43.5 Å². The number of hydrogen-bond acceptors (Lipinski definition) is 4. The normalized spacial score (nSPS) is 17.8. The summed E-state index contributed by atoms with van der Waals surface area (Å²) in [5.41, 5.74) is -1.38. The molecule has 0 aromatic heterocycles. The summed E-state index contributed by atoms with van der Waals surface area (Å²) in [7, 11) is -9.90. The first kappa shape index (κ1) is 21.5. The van der Waals surface area contributed by atoms with E-state index in [1.165, 1.54) is 0 Å². The van der Waals surface area contributed by atoms with Crippen LogP contribution in [-0.4, -0.2) is 34.6 Å². The van der Waals surface area contributed by atoms with E-state index in [1.807, 2.05) is 0 Å². The summed E-state index contributed by atoms with van der Waals surface area (Å²) in [4.78, 5) is 9.25. The van der Waals surface area contributed by atoms with E-state index >= 15 is 0 Å². The van der Waals surface area contributed by atoms with Crippen molar-refractivity contribution in [2.75, 3.05) is 6.54 Å². The summed E-state index contributed by atoms with van der Waals surface area (Å²) >= 11 is 0. The molecule has 1 rings (SSSR count). The molecule has 3 N–H and O–H groups in total. The molecule has 11 heteroatoms. The molecule has 0 heterocycles. The maximum atomic E-state index is 12.8. The molecule has 25 heavy (non-hydrogen) atoms. The molecule has 0 aliphatic rings. The van der Waals surface area contributed by atoms with E-state index in [2.05, 4.69) is 5.32 Å². The minimum absolute atomic E-state index is 0.0723. The van der Waals surface area contributed by atoms with Gasteiger partial charge >= 0.3 is 16.3 Å². The number of nitrogens with one attached hydrogen (secondary N) is 1. The molecule has 0 radical (unpaired) electrons. The second-order valence-electron chi connectivity index (χ2n) is 6.44. The van der Waals surface area contributed by atoms with Gasteiger partial charge in [-0.25, -0.2) is 4.79 Å². The number of aliphatic hydroxyl groups excluding tert-OH is 2. The fourth-order valence-electron chi connectivity index (χ4n) is 1.77. The van der Waals surface area contributed by atoms with Crippen LogP contribution in [-0.2, 0) is 4.74 Å². The second-order valence-corrected chi connectivity index (χ2v) is 8.85. The Balaban J connectivity index is 2.84. The number of aliphatic hydroxyl groups is 2. The van der Waals surface area contributed by atoms with Crippen molar-refractivity contribution in [1.29, 1.82) is 0 Å². The molecule has 0 aliphatic heterocycles. The molecular formula is C14H20F5NO4S. The number of hydrogen-bond donors (Lipinski definition) is 3. The number of carbonyl (C=O) groups excluding carboxylic acids is 1. The van der Waals surface area contributed by atoms with E-state index in [-0.39, 0.29) is 12.1 Å². The first-order chi connectivity index (χ1) is 10.9. The van der Waals surface area contributed by atoms with Crippen molar-refractivity contribution in [2.24, 2.45) is 0 Å². The van der Waals surface area contributed by atoms with Crippen LogP contribution in [0.2, 0.25) is 0 Å². The average molecular weight is 393 g/mol. The topological polar surface area (TPSA) is 78.8 Å². The number of alkyl carbamates (subject to hydrolysis) is 1. The van der Waals surface area contributed by atoms with E-state index < -0.39 is 51.1 Å². The first-order valence-corrected chi connectivity index (χ1v) is 9.01. The predicted octanol–water partition coefficient (Wildman–Crippen LogP) is 4.26. The Kier molecular flexibility index (Phi) is 5.14. The van der Waals surface area contributed by atoms with Gasteiger partial charge in [0.15, 0.2) is 0 Å². The van der Waals surface area contributed by atoms with E-state index in [0.29, 0.717) is 6.07 Å². The summed E-state index contributed by atoms with van der Waals surface area (Å²) in [5, 5.41) is 21.7. The van der Waals surface area contributed by atoms with Crippen LogP contribution < -0.4 is 5.32 Å². The number of ether oxygens (including phenoxy) is 1. The van der Waals surface area contributed by atoms with Gasteiger partial charge < -0.3 is 20.3 Å². The lowest BCUT2D eigenvalue weighted by atomic mass is 10.0. The molecule has 0 aliphatic carbocycles. The fourth-order valence-corrected chi connectivity index (χ4v) is 2.47. The quantitative estimate of drug-likeness (QED) is 0.653. The van der Waals surface area contributed by atoms with Gasteiger partial charge in [0, 0.05) is 6.54 Å². The summed E-state index contributed by atoms with van der Waals surface area (Å²) in [5.74, 6) is 0. The molecule has 2 unspecified atom stereocenters. The van der Waals surface area contributed by atoms with E-state index in [9.17, 15) is 34.4 Å². The van der Waals surface area contributed by atoms with Crippen LogP contribution in [0.4, 0.5) is 24.2 Å². The molecule has 0 fully saturated rings. The molecule has 5 nitrogen and oxygen atoms in total. The summed E-state index contributed by atoms with van der Waals surface area (Å²) in [6.07, 6.45) is -4.57. The lowest BCUT2D eigenvalue weighted by Gasteiger charge is -2.40. The minimum atomic E-state index is -9.90. The Morgan fingerprint density at radius 1 is 1.20 bits per heavy atom. The molecule has 0 saturated heterocycles. The van der Waals surface area contributed by atoms with Gasteiger partial charge in [-0.2, -0.15) is 0 Å². The van der Waals surface area contributed by atoms with Gasteiger partial charge in [-0.15, -0.1) is 0 Å². The monoisotopic (exact) mass is 393 g/mol. The highest BCUT2D eigenvalue weighted by Gasteiger charge is 2.65. The van der Waals surface area contributed by atoms with E-state index in [4.69, 9.17) is 4.74 Å². The highest BCUT2D eigenvalue weighted by Crippen LogP contribution is 3.02. The number of carbonyl (C=O) groups is 1. The lowest BCUT2D eigenvalue weighted by molar-refractivity contribution is 0.0128. The molecule has 146 valence electrons. The van der Waals surface area contributed by atoms with Gasteiger partial charge in [0.25, 0.3) is 0 Å². The number of rotatable bonds is 5. The van der Waals surface area contributed by atoms with E-state index in [0.717, 1.165) is 6.07 Å². The largest absolute Gasteiger partial charge is 0.444 e. The highest BCUT2D eigenvalue weighted by atomic mass is 32.5. The lowest BCUT2D eigenvalue weighted by Crippen LogP contribution is -2.38. The van der Waals surface area contributed by atoms with Gasteiger partial charge in [-0.1, -0.05) is 31.6 Å². The third-order valence-corrected chi connectivity index (χ3v) is 4.01. The van der Waals surface area contributed by atoms with Crippen molar-refractivity contribution in [3.8, 4) is 0 Å². The van der Waals surface area contributed by atoms with Crippen LogP contribution in [0, 0.1) is 0 Å². The van der Waals surface area contributed by atoms with Crippen molar-refractivity contribution in [1.82, 2.24) is 5.32 Å². The van der Waals surface area contributed by atoms with Crippen LogP contribution in [0.25, 0.3) is 0 Å². The van der Waals surface area contributed by atoms with Crippen molar-refractivity contribution in [3.05, 3.63) is 29.8 Å². The number of amides is 1. The van der Waals surface area contributed by atoms with Crippen LogP contribution >= 0.6 is 10.2 Å². The van der Waals surface area contributed by atoms with Gasteiger partial charge in [-0.3, -0.25) is 0 Å². The number of benzene rings is 1. The standard InChI is InChI=1S/C14H20F5NO4S/c1-14(2,3)24-13(23)20-8-11(21)12(22)9-5-4-6-10(7-9)25(15,16,17,18)19/h4-7,11-12,21-22H,8H2,1-3H3,(H,20,23).